The third-order valence-corrected chi connectivity index (χ3v) is 6.01. The van der Waals surface area contributed by atoms with Gasteiger partial charge in [0.25, 0.3) is 0 Å². The average molecular weight is 469 g/mol. The Kier molecular flexibility index (Phi) is 6.15. The highest BCUT2D eigenvalue weighted by atomic mass is 35.5. The Bertz CT molecular complexity index is 1320. The molecular formula is C18H14ClFN4O4S2. The van der Waals surface area contributed by atoms with Crippen molar-refractivity contribution in [1.82, 2.24) is 13.7 Å². The van der Waals surface area contributed by atoms with E-state index in [0.29, 0.717) is 10.3 Å². The van der Waals surface area contributed by atoms with Crippen LogP contribution >= 0.6 is 35.2 Å². The summed E-state index contributed by atoms with van der Waals surface area (Å²) in [5.74, 6) is -1.96. The van der Waals surface area contributed by atoms with Crippen molar-refractivity contribution in [3.8, 4) is 5.69 Å². The van der Waals surface area contributed by atoms with E-state index in [1.165, 1.54) is 25.4 Å². The van der Waals surface area contributed by atoms with E-state index in [2.05, 4.69) is 5.16 Å². The van der Waals surface area contributed by atoms with Crippen LogP contribution in [0.4, 0.5) is 4.39 Å². The van der Waals surface area contributed by atoms with Crippen molar-refractivity contribution < 1.29 is 14.0 Å². The van der Waals surface area contributed by atoms with E-state index < -0.39 is 28.9 Å². The monoisotopic (exact) mass is 468 g/mol. The van der Waals surface area contributed by atoms with E-state index in [1.807, 2.05) is 11.4 Å². The van der Waals surface area contributed by atoms with Crippen LogP contribution in [0, 0.1) is 10.6 Å². The molecule has 12 heteroatoms. The number of hydrogen-bond donors (Lipinski definition) is 0. The number of carbonyl (C=O) groups excluding carboxylic acids is 1. The number of halogens is 2. The highest BCUT2D eigenvalue weighted by Crippen LogP contribution is 2.23. The van der Waals surface area contributed by atoms with Gasteiger partial charge in [-0.3, -0.25) is 9.13 Å². The first kappa shape index (κ1) is 21.8. The second-order valence-electron chi connectivity index (χ2n) is 6.12. The molecule has 1 aromatic carbocycles. The van der Waals surface area contributed by atoms with Gasteiger partial charge in [-0.05, 0) is 42.7 Å². The Hall–Kier alpha value is -2.89. The van der Waals surface area contributed by atoms with Crippen molar-refractivity contribution in [3.05, 3.63) is 76.7 Å². The first-order valence-corrected chi connectivity index (χ1v) is 9.98. The van der Waals surface area contributed by atoms with Gasteiger partial charge < -0.3 is 4.84 Å². The van der Waals surface area contributed by atoms with E-state index in [0.717, 1.165) is 26.1 Å². The lowest BCUT2D eigenvalue weighted by atomic mass is 10.2. The fourth-order valence-electron chi connectivity index (χ4n) is 2.53. The van der Waals surface area contributed by atoms with Crippen LogP contribution in [0.3, 0.4) is 0 Å². The standard InChI is InChI=1S/C18H14ClFN4O4S2/c1-9(14-5-4-6-30-14)21-28-15(25)10-7-13(12(20)8-11(10)19)24-16(26)22(2)18(29)23(3)17(24)27/h4-8H,1-3H3/b21-9+. The summed E-state index contributed by atoms with van der Waals surface area (Å²) in [6.45, 7) is 1.65. The third kappa shape index (κ3) is 3.91. The summed E-state index contributed by atoms with van der Waals surface area (Å²) in [6.07, 6.45) is 0. The second kappa shape index (κ2) is 8.46. The predicted octanol–water partition coefficient (Wildman–Crippen LogP) is 3.04. The number of carbonyl (C=O) groups is 1. The molecule has 0 saturated carbocycles. The molecule has 0 spiro atoms. The Morgan fingerprint density at radius 2 is 1.87 bits per heavy atom. The van der Waals surface area contributed by atoms with Crippen molar-refractivity contribution in [3.63, 3.8) is 0 Å². The van der Waals surface area contributed by atoms with E-state index in [4.69, 9.17) is 28.7 Å². The molecule has 3 rings (SSSR count). The van der Waals surface area contributed by atoms with E-state index in [1.54, 1.807) is 13.0 Å². The number of oxime groups is 1. The Labute approximate surface area is 183 Å². The molecule has 3 aromatic rings. The highest BCUT2D eigenvalue weighted by molar-refractivity contribution is 7.71. The SMILES string of the molecule is C/C(=N\OC(=O)c1cc(-n2c(=O)n(C)c(=S)n(C)c2=O)c(F)cc1Cl)c1cccs1. The summed E-state index contributed by atoms with van der Waals surface area (Å²) in [4.78, 5) is 43.2. The van der Waals surface area contributed by atoms with E-state index in [9.17, 15) is 18.8 Å². The minimum atomic E-state index is -0.980. The quantitative estimate of drug-likeness (QED) is 0.254. The maximum Gasteiger partial charge on any atom is 0.367 e. The zero-order valence-electron chi connectivity index (χ0n) is 15.9. The van der Waals surface area contributed by atoms with Gasteiger partial charge in [-0.15, -0.1) is 11.3 Å². The number of hydrogen-bond acceptors (Lipinski definition) is 7. The van der Waals surface area contributed by atoms with Crippen molar-refractivity contribution in [1.29, 1.82) is 0 Å². The molecule has 0 aliphatic heterocycles. The van der Waals surface area contributed by atoms with Crippen LogP contribution < -0.4 is 11.4 Å². The van der Waals surface area contributed by atoms with Crippen molar-refractivity contribution >= 4 is 46.8 Å². The van der Waals surface area contributed by atoms with Gasteiger partial charge in [-0.1, -0.05) is 22.8 Å². The minimum Gasteiger partial charge on any atom is -0.312 e. The highest BCUT2D eigenvalue weighted by Gasteiger charge is 2.21. The third-order valence-electron chi connectivity index (χ3n) is 4.17. The normalized spacial score (nSPS) is 11.6. The largest absolute Gasteiger partial charge is 0.367 e. The van der Waals surface area contributed by atoms with Gasteiger partial charge in [-0.25, -0.2) is 23.3 Å². The van der Waals surface area contributed by atoms with Gasteiger partial charge >= 0.3 is 17.3 Å². The molecule has 0 N–H and O–H groups in total. The van der Waals surface area contributed by atoms with Crippen LogP contribution in [0.25, 0.3) is 5.69 Å². The molecule has 2 aromatic heterocycles. The zero-order chi connectivity index (χ0) is 22.2. The molecule has 0 aliphatic rings. The molecule has 156 valence electrons. The smallest absolute Gasteiger partial charge is 0.312 e. The van der Waals surface area contributed by atoms with Crippen LogP contribution in [-0.2, 0) is 18.9 Å². The lowest BCUT2D eigenvalue weighted by Gasteiger charge is -2.12. The molecule has 0 radical (unpaired) electrons. The zero-order valence-corrected chi connectivity index (χ0v) is 18.3. The summed E-state index contributed by atoms with van der Waals surface area (Å²) >= 11 is 12.4. The maximum absolute atomic E-state index is 14.6. The lowest BCUT2D eigenvalue weighted by Crippen LogP contribution is -2.43. The van der Waals surface area contributed by atoms with Gasteiger partial charge in [0.2, 0.25) is 0 Å². The van der Waals surface area contributed by atoms with Crippen LogP contribution in [-0.4, -0.2) is 25.4 Å². The summed E-state index contributed by atoms with van der Waals surface area (Å²) in [5, 5.41) is 5.33. The molecule has 8 nitrogen and oxygen atoms in total. The lowest BCUT2D eigenvalue weighted by molar-refractivity contribution is 0.0516. The van der Waals surface area contributed by atoms with E-state index in [-0.39, 0.29) is 15.4 Å². The Morgan fingerprint density at radius 1 is 1.23 bits per heavy atom. The first-order chi connectivity index (χ1) is 14.1. The van der Waals surface area contributed by atoms with E-state index >= 15 is 0 Å². The molecule has 30 heavy (non-hydrogen) atoms. The molecule has 0 amide bonds. The predicted molar refractivity (Wildman–Crippen MR) is 114 cm³/mol. The number of benzene rings is 1. The Morgan fingerprint density at radius 3 is 2.43 bits per heavy atom. The van der Waals surface area contributed by atoms with Gasteiger partial charge in [0, 0.05) is 14.1 Å². The Balaban J connectivity index is 2.09. The maximum atomic E-state index is 14.6. The summed E-state index contributed by atoms with van der Waals surface area (Å²) < 4.78 is 17.1. The molecule has 0 saturated heterocycles. The van der Waals surface area contributed by atoms with Gasteiger partial charge in [-0.2, -0.15) is 0 Å². The molecule has 0 unspecified atom stereocenters. The van der Waals surface area contributed by atoms with Gasteiger partial charge in [0.15, 0.2) is 4.77 Å². The average Bonchev–Trinajstić information content (AvgIpc) is 3.25. The summed E-state index contributed by atoms with van der Waals surface area (Å²) in [7, 11) is 2.68. The van der Waals surface area contributed by atoms with Crippen LogP contribution in [0.5, 0.6) is 0 Å². The van der Waals surface area contributed by atoms with Crippen LogP contribution in [0.2, 0.25) is 5.02 Å². The number of aromatic nitrogens is 3. The summed E-state index contributed by atoms with van der Waals surface area (Å²) in [6, 6.07) is 5.39. The topological polar surface area (TPSA) is 87.6 Å². The molecular weight excluding hydrogens is 455 g/mol. The first-order valence-electron chi connectivity index (χ1n) is 8.31. The molecule has 0 fully saturated rings. The minimum absolute atomic E-state index is 0.0476. The van der Waals surface area contributed by atoms with Crippen molar-refractivity contribution in [2.45, 2.75) is 6.92 Å². The molecule has 2 heterocycles. The molecule has 0 bridgehead atoms. The van der Waals surface area contributed by atoms with Gasteiger partial charge in [0.1, 0.15) is 5.82 Å². The van der Waals surface area contributed by atoms with Crippen molar-refractivity contribution in [2.24, 2.45) is 19.3 Å². The molecule has 0 aliphatic carbocycles. The number of rotatable bonds is 4. The molecule has 0 atom stereocenters. The second-order valence-corrected chi connectivity index (χ2v) is 7.84. The fourth-order valence-corrected chi connectivity index (χ4v) is 3.58. The fraction of sp³-hybridized carbons (Fsp3) is 0.167. The van der Waals surface area contributed by atoms with Crippen LogP contribution in [0.15, 0.2) is 44.4 Å². The van der Waals surface area contributed by atoms with Gasteiger partial charge in [0.05, 0.1) is 26.9 Å². The van der Waals surface area contributed by atoms with Crippen molar-refractivity contribution in [2.75, 3.05) is 0 Å². The van der Waals surface area contributed by atoms with Crippen LogP contribution in [0.1, 0.15) is 22.2 Å². The number of nitrogens with zero attached hydrogens (tertiary/aromatic N) is 4. The summed E-state index contributed by atoms with van der Waals surface area (Å²) in [5.41, 5.74) is -2.04. The number of thiophene rings is 1.